The molecule has 0 fully saturated rings. The van der Waals surface area contributed by atoms with Crippen LogP contribution in [0.2, 0.25) is 0 Å². The Hall–Kier alpha value is -4.44. The van der Waals surface area contributed by atoms with E-state index in [4.69, 9.17) is 9.47 Å². The van der Waals surface area contributed by atoms with Gasteiger partial charge in [0.1, 0.15) is 11.6 Å². The molecule has 3 N–H and O–H groups in total. The summed E-state index contributed by atoms with van der Waals surface area (Å²) in [5.74, 6) is 0.867. The highest BCUT2D eigenvalue weighted by Crippen LogP contribution is 2.32. The summed E-state index contributed by atoms with van der Waals surface area (Å²) in [5, 5.41) is 18.4. The summed E-state index contributed by atoms with van der Waals surface area (Å²) < 4.78 is 10.6. The van der Waals surface area contributed by atoms with Crippen LogP contribution in [0, 0.1) is 11.3 Å². The number of hydrogen-bond acceptors (Lipinski definition) is 6. The van der Waals surface area contributed by atoms with Gasteiger partial charge in [-0.2, -0.15) is 5.26 Å². The van der Waals surface area contributed by atoms with Gasteiger partial charge in [-0.1, -0.05) is 24.3 Å². The van der Waals surface area contributed by atoms with Gasteiger partial charge in [0.05, 0.1) is 0 Å². The second-order valence-electron chi connectivity index (χ2n) is 6.75. The lowest BCUT2D eigenvalue weighted by molar-refractivity contribution is -0.117. The Labute approximate surface area is 179 Å². The number of nitriles is 1. The van der Waals surface area contributed by atoms with Crippen LogP contribution in [-0.2, 0) is 11.3 Å². The number of hydrogen-bond donors (Lipinski definition) is 3. The van der Waals surface area contributed by atoms with Crippen molar-refractivity contribution in [2.24, 2.45) is 0 Å². The van der Waals surface area contributed by atoms with Crippen molar-refractivity contribution in [3.63, 3.8) is 0 Å². The monoisotopic (exact) mass is 412 g/mol. The van der Waals surface area contributed by atoms with Gasteiger partial charge < -0.3 is 25.4 Å². The summed E-state index contributed by atoms with van der Waals surface area (Å²) in [7, 11) is 0. The maximum Gasteiger partial charge on any atom is 0.263 e. The molecule has 0 spiro atoms. The van der Waals surface area contributed by atoms with Crippen LogP contribution in [0.1, 0.15) is 5.56 Å². The first-order valence-electron chi connectivity index (χ1n) is 9.67. The molecule has 154 valence electrons. The summed E-state index contributed by atoms with van der Waals surface area (Å²) in [6.45, 7) is 0.468. The molecule has 4 rings (SSSR count). The van der Waals surface area contributed by atoms with Crippen LogP contribution in [0.5, 0.6) is 11.5 Å². The number of rotatable bonds is 7. The molecule has 0 unspecified atom stereocenters. The number of nitrogens with one attached hydrogen (secondary N) is 3. The van der Waals surface area contributed by atoms with Gasteiger partial charge in [0.2, 0.25) is 6.79 Å². The van der Waals surface area contributed by atoms with Crippen molar-refractivity contribution in [1.82, 2.24) is 5.32 Å². The zero-order valence-corrected chi connectivity index (χ0v) is 16.6. The largest absolute Gasteiger partial charge is 0.454 e. The molecule has 0 saturated heterocycles. The fourth-order valence-corrected chi connectivity index (χ4v) is 2.97. The van der Waals surface area contributed by atoms with Crippen molar-refractivity contribution < 1.29 is 14.3 Å². The van der Waals surface area contributed by atoms with E-state index < -0.39 is 5.91 Å². The van der Waals surface area contributed by atoms with Crippen molar-refractivity contribution in [2.75, 3.05) is 17.4 Å². The lowest BCUT2D eigenvalue weighted by Gasteiger charge is -2.08. The molecule has 0 aromatic heterocycles. The van der Waals surface area contributed by atoms with E-state index in [1.165, 1.54) is 6.20 Å². The molecule has 3 aromatic carbocycles. The summed E-state index contributed by atoms with van der Waals surface area (Å²) in [6.07, 6.45) is 1.40. The minimum Gasteiger partial charge on any atom is -0.454 e. The molecule has 1 aliphatic heterocycles. The summed E-state index contributed by atoms with van der Waals surface area (Å²) >= 11 is 0. The predicted octanol–water partition coefficient (Wildman–Crippen LogP) is 4.29. The van der Waals surface area contributed by atoms with Gasteiger partial charge in [-0.15, -0.1) is 0 Å². The van der Waals surface area contributed by atoms with Crippen molar-refractivity contribution >= 4 is 23.0 Å². The van der Waals surface area contributed by atoms with Crippen LogP contribution in [0.3, 0.4) is 0 Å². The number of benzene rings is 3. The van der Waals surface area contributed by atoms with E-state index in [2.05, 4.69) is 16.0 Å². The van der Waals surface area contributed by atoms with E-state index >= 15 is 0 Å². The molecular weight excluding hydrogens is 392 g/mol. The van der Waals surface area contributed by atoms with E-state index in [1.807, 2.05) is 72.8 Å². The minimum atomic E-state index is -0.463. The Morgan fingerprint density at radius 1 is 0.935 bits per heavy atom. The molecule has 31 heavy (non-hydrogen) atoms. The van der Waals surface area contributed by atoms with E-state index in [-0.39, 0.29) is 18.9 Å². The van der Waals surface area contributed by atoms with Crippen LogP contribution < -0.4 is 25.4 Å². The second kappa shape index (κ2) is 9.37. The number of fused-ring (bicyclic) bond motifs is 1. The highest BCUT2D eigenvalue weighted by Gasteiger charge is 2.14. The van der Waals surface area contributed by atoms with Crippen molar-refractivity contribution in [3.8, 4) is 17.6 Å². The van der Waals surface area contributed by atoms with Gasteiger partial charge in [-0.05, 0) is 54.1 Å². The molecule has 0 saturated carbocycles. The second-order valence-corrected chi connectivity index (χ2v) is 6.75. The Bertz CT molecular complexity index is 1140. The zero-order valence-electron chi connectivity index (χ0n) is 16.6. The molecule has 7 nitrogen and oxygen atoms in total. The molecular formula is C24H20N4O3. The number of nitrogens with zero attached hydrogens (tertiary/aromatic N) is 1. The average Bonchev–Trinajstić information content (AvgIpc) is 3.28. The maximum atomic E-state index is 12.4. The molecule has 0 atom stereocenters. The molecule has 0 radical (unpaired) electrons. The number of ether oxygens (including phenoxy) is 2. The minimum absolute atomic E-state index is 0.0211. The van der Waals surface area contributed by atoms with Crippen LogP contribution in [0.15, 0.2) is 84.6 Å². The third-order valence-electron chi connectivity index (χ3n) is 4.59. The van der Waals surface area contributed by atoms with Crippen molar-refractivity contribution in [1.29, 1.82) is 5.26 Å². The number of anilines is 3. The van der Waals surface area contributed by atoms with Crippen molar-refractivity contribution in [3.05, 3.63) is 90.1 Å². The molecule has 1 aliphatic rings. The molecule has 0 aliphatic carbocycles. The zero-order chi connectivity index (χ0) is 21.5. The Balaban J connectivity index is 1.32. The average molecular weight is 412 g/mol. The SMILES string of the molecule is N#C/C(=C/Nc1ccc(Nc2ccccc2)cc1)C(=O)NCc1ccc2c(c1)OCO2. The summed E-state index contributed by atoms with van der Waals surface area (Å²) in [5.41, 5.74) is 3.52. The van der Waals surface area contributed by atoms with Crippen LogP contribution >= 0.6 is 0 Å². The quantitative estimate of drug-likeness (QED) is 0.396. The van der Waals surface area contributed by atoms with Gasteiger partial charge in [-0.25, -0.2) is 0 Å². The predicted molar refractivity (Wildman–Crippen MR) is 118 cm³/mol. The fourth-order valence-electron chi connectivity index (χ4n) is 2.97. The first-order chi connectivity index (χ1) is 15.2. The Kier molecular flexibility index (Phi) is 6.00. The van der Waals surface area contributed by atoms with E-state index in [0.717, 1.165) is 22.6 Å². The summed E-state index contributed by atoms with van der Waals surface area (Å²) in [4.78, 5) is 12.4. The van der Waals surface area contributed by atoms with Crippen LogP contribution in [-0.4, -0.2) is 12.7 Å². The molecule has 1 heterocycles. The number of amides is 1. The standard InChI is InChI=1S/C24H20N4O3/c25-13-18(24(29)27-14-17-6-11-22-23(12-17)31-16-30-22)15-26-19-7-9-21(10-8-19)28-20-4-2-1-3-5-20/h1-12,15,26,28H,14,16H2,(H,27,29)/b18-15-. The van der Waals surface area contributed by atoms with Crippen LogP contribution in [0.25, 0.3) is 0 Å². The first kappa shape index (κ1) is 19.9. The molecule has 0 bridgehead atoms. The van der Waals surface area contributed by atoms with Gasteiger partial charge in [0, 0.05) is 29.8 Å². The highest BCUT2D eigenvalue weighted by atomic mass is 16.7. The number of carbonyl (C=O) groups is 1. The smallest absolute Gasteiger partial charge is 0.263 e. The normalized spacial score (nSPS) is 12.0. The molecule has 7 heteroatoms. The Morgan fingerprint density at radius 3 is 2.42 bits per heavy atom. The fraction of sp³-hybridized carbons (Fsp3) is 0.0833. The van der Waals surface area contributed by atoms with Gasteiger partial charge in [0.25, 0.3) is 5.91 Å². The number of carbonyl (C=O) groups excluding carboxylic acids is 1. The van der Waals surface area contributed by atoms with E-state index in [0.29, 0.717) is 11.5 Å². The van der Waals surface area contributed by atoms with Crippen molar-refractivity contribution in [2.45, 2.75) is 6.54 Å². The van der Waals surface area contributed by atoms with E-state index in [9.17, 15) is 10.1 Å². The lowest BCUT2D eigenvalue weighted by atomic mass is 10.2. The first-order valence-corrected chi connectivity index (χ1v) is 9.67. The van der Waals surface area contributed by atoms with E-state index in [1.54, 1.807) is 6.07 Å². The third kappa shape index (κ3) is 5.14. The maximum absolute atomic E-state index is 12.4. The summed E-state index contributed by atoms with van der Waals surface area (Å²) in [6, 6.07) is 24.8. The number of para-hydroxylation sites is 1. The third-order valence-corrected chi connectivity index (χ3v) is 4.59. The highest BCUT2D eigenvalue weighted by molar-refractivity contribution is 5.97. The van der Waals surface area contributed by atoms with Gasteiger partial charge in [-0.3, -0.25) is 4.79 Å². The Morgan fingerprint density at radius 2 is 1.65 bits per heavy atom. The van der Waals surface area contributed by atoms with Gasteiger partial charge in [0.15, 0.2) is 11.5 Å². The molecule has 1 amide bonds. The molecule has 3 aromatic rings. The lowest BCUT2D eigenvalue weighted by Crippen LogP contribution is -2.24. The topological polar surface area (TPSA) is 95.4 Å². The van der Waals surface area contributed by atoms with Crippen LogP contribution in [0.4, 0.5) is 17.1 Å². The van der Waals surface area contributed by atoms with Gasteiger partial charge >= 0.3 is 0 Å².